The molecule has 0 aliphatic carbocycles. The van der Waals surface area contributed by atoms with Crippen LogP contribution in [0.5, 0.6) is 0 Å². The minimum Gasteiger partial charge on any atom is -0.415 e. The summed E-state index contributed by atoms with van der Waals surface area (Å²) in [4.78, 5) is 0. The zero-order chi connectivity index (χ0) is 12.6. The summed E-state index contributed by atoms with van der Waals surface area (Å²) in [6, 6.07) is 2.10. The maximum absolute atomic E-state index is 9.63. The molecule has 0 radical (unpaired) electrons. The highest BCUT2D eigenvalue weighted by atomic mass is 28.4. The lowest BCUT2D eigenvalue weighted by Crippen LogP contribution is -2.52. The maximum Gasteiger partial charge on any atom is 0.220 e. The Labute approximate surface area is 101 Å². The lowest BCUT2D eigenvalue weighted by molar-refractivity contribution is -0.121. The van der Waals surface area contributed by atoms with Gasteiger partial charge in [0.15, 0.2) is 6.29 Å². The Kier molecular flexibility index (Phi) is 8.28. The van der Waals surface area contributed by atoms with Gasteiger partial charge in [0.05, 0.1) is 5.73 Å². The van der Waals surface area contributed by atoms with Crippen LogP contribution in [0.25, 0.3) is 0 Å². The summed E-state index contributed by atoms with van der Waals surface area (Å²) < 4.78 is 11.8. The Balaban J connectivity index is 4.68. The van der Waals surface area contributed by atoms with Crippen molar-refractivity contribution >= 4 is 8.32 Å². The van der Waals surface area contributed by atoms with Crippen LogP contribution in [0.1, 0.15) is 47.5 Å². The lowest BCUT2D eigenvalue weighted by atomic mass is 10.4. The van der Waals surface area contributed by atoms with Crippen LogP contribution in [0.4, 0.5) is 0 Å². The second kappa shape index (κ2) is 8.23. The van der Waals surface area contributed by atoms with Crippen LogP contribution in [0.15, 0.2) is 0 Å². The summed E-state index contributed by atoms with van der Waals surface area (Å²) in [5.74, 6) is 0. The van der Waals surface area contributed by atoms with Gasteiger partial charge in [-0.3, -0.25) is 0 Å². The molecule has 2 atom stereocenters. The number of hydrogen-bond donors (Lipinski definition) is 1. The summed E-state index contributed by atoms with van der Waals surface area (Å²) >= 11 is 0. The molecule has 2 unspecified atom stereocenters. The molecule has 0 spiro atoms. The first-order valence-corrected chi connectivity index (χ1v) is 8.97. The van der Waals surface area contributed by atoms with Crippen molar-refractivity contribution in [1.29, 1.82) is 0 Å². The largest absolute Gasteiger partial charge is 0.415 e. The summed E-state index contributed by atoms with van der Waals surface area (Å²) in [5, 5.41) is 9.63. The SMILES string of the molecule is CCO[Si](CC)(CC)C(CC)OC(O)CC. The number of aliphatic hydroxyl groups is 1. The molecular formula is C12H28O3Si. The van der Waals surface area contributed by atoms with Crippen LogP contribution < -0.4 is 0 Å². The third-order valence-electron chi connectivity index (χ3n) is 3.26. The van der Waals surface area contributed by atoms with Gasteiger partial charge in [-0.05, 0) is 31.9 Å². The van der Waals surface area contributed by atoms with Crippen molar-refractivity contribution in [2.75, 3.05) is 6.61 Å². The summed E-state index contributed by atoms with van der Waals surface area (Å²) in [5.41, 5.74) is 0.109. The molecule has 0 aromatic rings. The standard InChI is InChI=1S/C12H28O3Si/c1-6-11(13)15-12(7-2)16(9-4,10-5)14-8-3/h11-13H,6-10H2,1-5H3. The van der Waals surface area contributed by atoms with Crippen LogP contribution in [-0.4, -0.2) is 32.0 Å². The predicted octanol–water partition coefficient (Wildman–Crippen LogP) is 3.07. The zero-order valence-electron chi connectivity index (χ0n) is 11.5. The molecule has 0 saturated carbocycles. The summed E-state index contributed by atoms with van der Waals surface area (Å²) in [6.45, 7) is 11.2. The number of rotatable bonds is 9. The average Bonchev–Trinajstić information content (AvgIpc) is 2.33. The molecule has 0 rings (SSSR count). The van der Waals surface area contributed by atoms with Crippen molar-refractivity contribution in [2.45, 2.75) is 71.6 Å². The molecule has 3 nitrogen and oxygen atoms in total. The van der Waals surface area contributed by atoms with Gasteiger partial charge in [-0.1, -0.05) is 27.7 Å². The molecule has 4 heteroatoms. The van der Waals surface area contributed by atoms with Crippen molar-refractivity contribution < 1.29 is 14.3 Å². The number of aliphatic hydroxyl groups excluding tert-OH is 1. The molecule has 0 bridgehead atoms. The van der Waals surface area contributed by atoms with E-state index in [0.29, 0.717) is 6.42 Å². The Bertz CT molecular complexity index is 172. The van der Waals surface area contributed by atoms with E-state index in [4.69, 9.17) is 9.16 Å². The molecule has 0 aliphatic rings. The Morgan fingerprint density at radius 1 is 1.00 bits per heavy atom. The number of ether oxygens (including phenoxy) is 1. The predicted molar refractivity (Wildman–Crippen MR) is 69.8 cm³/mol. The molecule has 16 heavy (non-hydrogen) atoms. The fourth-order valence-corrected chi connectivity index (χ4v) is 5.90. The molecule has 0 heterocycles. The fourth-order valence-electron chi connectivity index (χ4n) is 2.17. The normalized spacial score (nSPS) is 16.1. The zero-order valence-corrected chi connectivity index (χ0v) is 12.5. The lowest BCUT2D eigenvalue weighted by Gasteiger charge is -2.37. The molecular weight excluding hydrogens is 220 g/mol. The van der Waals surface area contributed by atoms with Crippen molar-refractivity contribution in [3.63, 3.8) is 0 Å². The second-order valence-corrected chi connectivity index (χ2v) is 8.58. The Hall–Kier alpha value is 0.0969. The minimum absolute atomic E-state index is 0.109. The van der Waals surface area contributed by atoms with E-state index in [1.807, 2.05) is 13.8 Å². The van der Waals surface area contributed by atoms with Crippen molar-refractivity contribution in [3.8, 4) is 0 Å². The highest BCUT2D eigenvalue weighted by Gasteiger charge is 2.40. The van der Waals surface area contributed by atoms with E-state index in [0.717, 1.165) is 25.1 Å². The summed E-state index contributed by atoms with van der Waals surface area (Å²) in [7, 11) is -1.83. The van der Waals surface area contributed by atoms with E-state index in [1.165, 1.54) is 0 Å². The van der Waals surface area contributed by atoms with Gasteiger partial charge in [0, 0.05) is 6.61 Å². The van der Waals surface area contributed by atoms with Gasteiger partial charge in [-0.15, -0.1) is 0 Å². The van der Waals surface area contributed by atoms with Crippen LogP contribution in [-0.2, 0) is 9.16 Å². The molecule has 0 aliphatic heterocycles. The van der Waals surface area contributed by atoms with Crippen molar-refractivity contribution in [3.05, 3.63) is 0 Å². The topological polar surface area (TPSA) is 38.7 Å². The molecule has 0 aromatic heterocycles. The van der Waals surface area contributed by atoms with Crippen molar-refractivity contribution in [2.24, 2.45) is 0 Å². The van der Waals surface area contributed by atoms with Gasteiger partial charge in [0.25, 0.3) is 0 Å². The summed E-state index contributed by atoms with van der Waals surface area (Å²) in [6.07, 6.45) is 0.918. The van der Waals surface area contributed by atoms with Gasteiger partial charge in [0.1, 0.15) is 0 Å². The van der Waals surface area contributed by atoms with Crippen LogP contribution in [0.3, 0.4) is 0 Å². The quantitative estimate of drug-likeness (QED) is 0.503. The Morgan fingerprint density at radius 3 is 1.88 bits per heavy atom. The van der Waals surface area contributed by atoms with Crippen LogP contribution >= 0.6 is 0 Å². The third kappa shape index (κ3) is 4.16. The molecule has 0 aromatic carbocycles. The van der Waals surface area contributed by atoms with E-state index in [9.17, 15) is 5.11 Å². The Morgan fingerprint density at radius 2 is 1.56 bits per heavy atom. The first kappa shape index (κ1) is 16.1. The monoisotopic (exact) mass is 248 g/mol. The van der Waals surface area contributed by atoms with E-state index >= 15 is 0 Å². The number of hydrogen-bond acceptors (Lipinski definition) is 3. The van der Waals surface area contributed by atoms with Gasteiger partial charge in [-0.2, -0.15) is 0 Å². The molecule has 1 N–H and O–H groups in total. The van der Waals surface area contributed by atoms with Crippen LogP contribution in [0, 0.1) is 0 Å². The van der Waals surface area contributed by atoms with Gasteiger partial charge < -0.3 is 14.3 Å². The van der Waals surface area contributed by atoms with Gasteiger partial charge in [-0.25, -0.2) is 0 Å². The van der Waals surface area contributed by atoms with Crippen LogP contribution in [0.2, 0.25) is 12.1 Å². The van der Waals surface area contributed by atoms with Gasteiger partial charge in [0.2, 0.25) is 8.32 Å². The van der Waals surface area contributed by atoms with E-state index < -0.39 is 14.6 Å². The smallest absolute Gasteiger partial charge is 0.220 e. The van der Waals surface area contributed by atoms with E-state index in [-0.39, 0.29) is 5.73 Å². The highest BCUT2D eigenvalue weighted by Crippen LogP contribution is 2.26. The fraction of sp³-hybridized carbons (Fsp3) is 1.00. The highest BCUT2D eigenvalue weighted by molar-refractivity contribution is 6.74. The minimum atomic E-state index is -1.83. The molecule has 98 valence electrons. The molecule has 0 fully saturated rings. The van der Waals surface area contributed by atoms with E-state index in [1.54, 1.807) is 0 Å². The molecule has 0 amide bonds. The average molecular weight is 248 g/mol. The first-order chi connectivity index (χ1) is 7.60. The first-order valence-electron chi connectivity index (χ1n) is 6.57. The maximum atomic E-state index is 9.63. The van der Waals surface area contributed by atoms with Gasteiger partial charge >= 0.3 is 0 Å². The molecule has 0 saturated heterocycles. The van der Waals surface area contributed by atoms with Crippen molar-refractivity contribution in [1.82, 2.24) is 0 Å². The van der Waals surface area contributed by atoms with E-state index in [2.05, 4.69) is 20.8 Å². The second-order valence-electron chi connectivity index (χ2n) is 4.10. The third-order valence-corrected chi connectivity index (χ3v) is 8.23.